The molecule has 1 aliphatic rings. The summed E-state index contributed by atoms with van der Waals surface area (Å²) in [5, 5.41) is 7.59. The van der Waals surface area contributed by atoms with Gasteiger partial charge in [0.1, 0.15) is 5.82 Å². The minimum Gasteiger partial charge on any atom is -0.482 e. The fraction of sp³-hybridized carbons (Fsp3) is 0.0476. The van der Waals surface area contributed by atoms with E-state index in [-0.39, 0.29) is 5.82 Å². The molecule has 0 unspecified atom stereocenters. The lowest BCUT2D eigenvalue weighted by atomic mass is 10.1. The molecule has 0 aromatic heterocycles. The minimum atomic E-state index is -0.308. The van der Waals surface area contributed by atoms with Crippen molar-refractivity contribution < 1.29 is 9.13 Å². The Hall–Kier alpha value is -2.78. The van der Waals surface area contributed by atoms with E-state index in [9.17, 15) is 4.39 Å². The van der Waals surface area contributed by atoms with Gasteiger partial charge in [-0.2, -0.15) is 0 Å². The van der Waals surface area contributed by atoms with Crippen molar-refractivity contribution in [1.29, 1.82) is 0 Å². The fourth-order valence-electron chi connectivity index (χ4n) is 3.16. The number of ether oxygens (including phenoxy) is 1. The first-order valence-corrected chi connectivity index (χ1v) is 8.26. The van der Waals surface area contributed by atoms with Crippen LogP contribution in [0, 0.1) is 16.3 Å². The van der Waals surface area contributed by atoms with E-state index < -0.39 is 0 Å². The maximum absolute atomic E-state index is 14.5. The second-order valence-corrected chi connectivity index (χ2v) is 6.19. The molecule has 0 spiro atoms. The summed E-state index contributed by atoms with van der Waals surface area (Å²) in [4.78, 5) is 0. The highest BCUT2D eigenvalue weighted by Crippen LogP contribution is 2.17. The van der Waals surface area contributed by atoms with Crippen LogP contribution in [0.5, 0.6) is 0 Å². The quantitative estimate of drug-likeness (QED) is 0.765. The molecule has 4 heteroatoms. The second kappa shape index (κ2) is 6.26. The highest BCUT2D eigenvalue weighted by atomic mass is 35.5. The van der Waals surface area contributed by atoms with Gasteiger partial charge in [0.15, 0.2) is 5.88 Å². The van der Waals surface area contributed by atoms with Gasteiger partial charge in [-0.1, -0.05) is 48.0 Å². The van der Waals surface area contributed by atoms with Gasteiger partial charge in [0, 0.05) is 21.0 Å². The first kappa shape index (κ1) is 15.7. The van der Waals surface area contributed by atoms with Crippen LogP contribution in [0.15, 0.2) is 66.7 Å². The van der Waals surface area contributed by atoms with Gasteiger partial charge < -0.3 is 10.1 Å². The molecule has 0 bridgehead atoms. The first-order valence-electron chi connectivity index (χ1n) is 7.88. The summed E-state index contributed by atoms with van der Waals surface area (Å²) < 4.78 is 20.1. The standard InChI is InChI=1S/C21H15ClFNO/c1-25-21-16-7-3-2-6-14(16)15-11-10-13(22)12-18(15)20(24-21)17-8-4-5-9-19(17)23/h2-12,24H,1H3. The maximum Gasteiger partial charge on any atom is 0.199 e. The summed E-state index contributed by atoms with van der Waals surface area (Å²) in [7, 11) is 1.60. The van der Waals surface area contributed by atoms with E-state index in [1.807, 2.05) is 48.5 Å². The summed E-state index contributed by atoms with van der Waals surface area (Å²) in [6.45, 7) is 0. The zero-order valence-electron chi connectivity index (χ0n) is 13.5. The Morgan fingerprint density at radius 3 is 2.28 bits per heavy atom. The summed E-state index contributed by atoms with van der Waals surface area (Å²) in [6.07, 6.45) is 0. The third kappa shape index (κ3) is 2.67. The molecule has 3 aromatic rings. The molecule has 0 amide bonds. The van der Waals surface area contributed by atoms with Crippen LogP contribution >= 0.6 is 11.6 Å². The summed E-state index contributed by atoms with van der Waals surface area (Å²) in [5.74, 6) is 0.263. The minimum absolute atomic E-state index is 0.308. The zero-order valence-corrected chi connectivity index (χ0v) is 14.3. The number of benzene rings is 3. The number of methoxy groups -OCH3 is 1. The lowest BCUT2D eigenvalue weighted by Gasteiger charge is -2.14. The SMILES string of the molecule is COC1=c2ccccc2=c2ccc(Cl)cc2=C(c2ccccc2F)N1. The van der Waals surface area contributed by atoms with Gasteiger partial charge in [0.2, 0.25) is 0 Å². The topological polar surface area (TPSA) is 21.3 Å². The van der Waals surface area contributed by atoms with Crippen molar-refractivity contribution in [2.45, 2.75) is 0 Å². The lowest BCUT2D eigenvalue weighted by Crippen LogP contribution is -2.24. The molecule has 0 aliphatic carbocycles. The normalized spacial score (nSPS) is 12.8. The van der Waals surface area contributed by atoms with Gasteiger partial charge in [0.25, 0.3) is 0 Å². The number of fused-ring (bicyclic) bond motifs is 2. The van der Waals surface area contributed by atoms with Crippen molar-refractivity contribution in [3.05, 3.63) is 104 Å². The van der Waals surface area contributed by atoms with Crippen LogP contribution in [-0.4, -0.2) is 7.11 Å². The molecular formula is C21H15ClFNO. The molecule has 4 rings (SSSR count). The Bertz CT molecular complexity index is 1190. The van der Waals surface area contributed by atoms with E-state index in [2.05, 4.69) is 5.32 Å². The van der Waals surface area contributed by atoms with Crippen molar-refractivity contribution >= 4 is 23.2 Å². The molecule has 3 aromatic carbocycles. The summed E-state index contributed by atoms with van der Waals surface area (Å²) >= 11 is 6.25. The smallest absolute Gasteiger partial charge is 0.199 e. The monoisotopic (exact) mass is 351 g/mol. The molecular weight excluding hydrogens is 337 g/mol. The van der Waals surface area contributed by atoms with Crippen LogP contribution in [0.25, 0.3) is 11.6 Å². The van der Waals surface area contributed by atoms with Crippen molar-refractivity contribution in [3.8, 4) is 0 Å². The molecule has 25 heavy (non-hydrogen) atoms. The van der Waals surface area contributed by atoms with Gasteiger partial charge in [-0.3, -0.25) is 0 Å². The number of hydrogen-bond acceptors (Lipinski definition) is 2. The van der Waals surface area contributed by atoms with Crippen LogP contribution < -0.4 is 15.8 Å². The molecule has 0 atom stereocenters. The third-order valence-corrected chi connectivity index (χ3v) is 4.53. The molecule has 124 valence electrons. The first-order chi connectivity index (χ1) is 12.2. The highest BCUT2D eigenvalue weighted by Gasteiger charge is 2.14. The van der Waals surface area contributed by atoms with E-state index in [0.29, 0.717) is 22.2 Å². The number of hydrogen-bond donors (Lipinski definition) is 1. The van der Waals surface area contributed by atoms with E-state index >= 15 is 0 Å². The molecule has 0 fully saturated rings. The Morgan fingerprint density at radius 1 is 0.840 bits per heavy atom. The average molecular weight is 352 g/mol. The molecule has 0 radical (unpaired) electrons. The second-order valence-electron chi connectivity index (χ2n) is 5.75. The molecule has 1 N–H and O–H groups in total. The Labute approximate surface area is 149 Å². The van der Waals surface area contributed by atoms with E-state index in [1.165, 1.54) is 6.07 Å². The molecule has 1 aliphatic heterocycles. The largest absolute Gasteiger partial charge is 0.482 e. The number of nitrogens with one attached hydrogen (secondary N) is 1. The predicted octanol–water partition coefficient (Wildman–Crippen LogP) is 3.24. The van der Waals surface area contributed by atoms with Gasteiger partial charge in [-0.25, -0.2) is 4.39 Å². The van der Waals surface area contributed by atoms with E-state index in [1.54, 1.807) is 19.2 Å². The van der Waals surface area contributed by atoms with E-state index in [4.69, 9.17) is 16.3 Å². The van der Waals surface area contributed by atoms with Crippen molar-refractivity contribution in [2.24, 2.45) is 0 Å². The van der Waals surface area contributed by atoms with Crippen LogP contribution in [0.2, 0.25) is 5.02 Å². The van der Waals surface area contributed by atoms with Gasteiger partial charge in [0.05, 0.1) is 12.8 Å². The lowest BCUT2D eigenvalue weighted by molar-refractivity contribution is 0.346. The molecule has 0 saturated heterocycles. The van der Waals surface area contributed by atoms with Crippen molar-refractivity contribution in [2.75, 3.05) is 7.11 Å². The Balaban J connectivity index is 2.29. The summed E-state index contributed by atoms with van der Waals surface area (Å²) in [5.41, 5.74) is 1.09. The number of rotatable bonds is 2. The highest BCUT2D eigenvalue weighted by molar-refractivity contribution is 6.30. The van der Waals surface area contributed by atoms with E-state index in [0.717, 1.165) is 20.9 Å². The Kier molecular flexibility index (Phi) is 3.94. The fourth-order valence-corrected chi connectivity index (χ4v) is 3.33. The van der Waals surface area contributed by atoms with Gasteiger partial charge in [-0.05, 0) is 40.8 Å². The van der Waals surface area contributed by atoms with Crippen molar-refractivity contribution in [1.82, 2.24) is 5.32 Å². The van der Waals surface area contributed by atoms with Crippen LogP contribution in [0.3, 0.4) is 0 Å². The van der Waals surface area contributed by atoms with Crippen LogP contribution in [0.1, 0.15) is 5.56 Å². The number of halogens is 2. The Morgan fingerprint density at radius 2 is 1.52 bits per heavy atom. The summed E-state index contributed by atoms with van der Waals surface area (Å²) in [6, 6.07) is 20.2. The van der Waals surface area contributed by atoms with Gasteiger partial charge >= 0.3 is 0 Å². The molecule has 0 saturated carbocycles. The maximum atomic E-state index is 14.5. The predicted molar refractivity (Wildman–Crippen MR) is 97.3 cm³/mol. The van der Waals surface area contributed by atoms with Crippen molar-refractivity contribution in [3.63, 3.8) is 0 Å². The molecule has 2 nitrogen and oxygen atoms in total. The third-order valence-electron chi connectivity index (χ3n) is 4.30. The average Bonchev–Trinajstić information content (AvgIpc) is 2.77. The van der Waals surface area contributed by atoms with Gasteiger partial charge in [-0.15, -0.1) is 0 Å². The van der Waals surface area contributed by atoms with Crippen LogP contribution in [-0.2, 0) is 4.74 Å². The molecule has 1 heterocycles. The van der Waals surface area contributed by atoms with Crippen LogP contribution in [0.4, 0.5) is 4.39 Å². The zero-order chi connectivity index (χ0) is 17.4.